The van der Waals surface area contributed by atoms with Crippen molar-refractivity contribution in [2.45, 2.75) is 25.2 Å². The van der Waals surface area contributed by atoms with Gasteiger partial charge >= 0.3 is 0 Å². The molecule has 3 aromatic rings. The van der Waals surface area contributed by atoms with Gasteiger partial charge in [-0.25, -0.2) is 8.42 Å². The van der Waals surface area contributed by atoms with E-state index >= 15 is 0 Å². The third-order valence-electron chi connectivity index (χ3n) is 4.26. The fourth-order valence-electron chi connectivity index (χ4n) is 2.82. The van der Waals surface area contributed by atoms with Crippen molar-refractivity contribution in [3.63, 3.8) is 0 Å². The van der Waals surface area contributed by atoms with Gasteiger partial charge in [-0.05, 0) is 24.1 Å². The molecule has 0 spiro atoms. The monoisotopic (exact) mass is 373 g/mol. The summed E-state index contributed by atoms with van der Waals surface area (Å²) in [6.45, 7) is 5.20. The average molecular weight is 373 g/mol. The number of nitrogens with zero attached hydrogens (tertiary/aromatic N) is 4. The number of anilines is 1. The van der Waals surface area contributed by atoms with Gasteiger partial charge in [0, 0.05) is 25.8 Å². The predicted octanol–water partition coefficient (Wildman–Crippen LogP) is 2.41. The first kappa shape index (κ1) is 18.3. The van der Waals surface area contributed by atoms with Gasteiger partial charge in [0.1, 0.15) is 0 Å². The van der Waals surface area contributed by atoms with Crippen LogP contribution < -0.4 is 5.32 Å². The molecule has 8 heteroatoms. The smallest absolute Gasteiger partial charge is 0.244 e. The Morgan fingerprint density at radius 2 is 1.77 bits per heavy atom. The Kier molecular flexibility index (Phi) is 5.53. The highest BCUT2D eigenvalue weighted by Gasteiger charge is 2.22. The van der Waals surface area contributed by atoms with E-state index in [0.29, 0.717) is 31.2 Å². The van der Waals surface area contributed by atoms with E-state index in [1.165, 1.54) is 9.87 Å². The van der Waals surface area contributed by atoms with Crippen LogP contribution in [0.3, 0.4) is 0 Å². The fraction of sp³-hybridized carbons (Fsp3) is 0.333. The van der Waals surface area contributed by atoms with Gasteiger partial charge in [0.2, 0.25) is 16.0 Å². The van der Waals surface area contributed by atoms with Crippen LogP contribution in [0.2, 0.25) is 0 Å². The molecule has 7 nitrogen and oxygen atoms in total. The van der Waals surface area contributed by atoms with E-state index < -0.39 is 10.0 Å². The molecule has 0 unspecified atom stereocenters. The van der Waals surface area contributed by atoms with Crippen molar-refractivity contribution in [3.05, 3.63) is 54.2 Å². The maximum atomic E-state index is 12.7. The second-order valence-electron chi connectivity index (χ2n) is 5.87. The highest BCUT2D eigenvalue weighted by Crippen LogP contribution is 2.18. The summed E-state index contributed by atoms with van der Waals surface area (Å²) in [5, 5.41) is 11.5. The van der Waals surface area contributed by atoms with Crippen molar-refractivity contribution in [3.8, 4) is 0 Å². The average Bonchev–Trinajstić information content (AvgIpc) is 3.06. The van der Waals surface area contributed by atoms with Crippen molar-refractivity contribution in [2.75, 3.05) is 25.0 Å². The number of nitrogens with one attached hydrogen (secondary N) is 1. The molecule has 2 heterocycles. The second kappa shape index (κ2) is 7.84. The molecular formula is C18H23N5O2S. The standard InChI is InChI=1S/C18H23N5O2S/c1-3-22(4-2)26(24,25)16-10-11-17-20-21-18(23(17)14-16)19-13-12-15-8-6-5-7-9-15/h5-11,14H,3-4,12-13H2,1-2H3,(H,19,21). The molecule has 0 saturated heterocycles. The van der Waals surface area contributed by atoms with Crippen LogP contribution >= 0.6 is 0 Å². The summed E-state index contributed by atoms with van der Waals surface area (Å²) in [7, 11) is -3.52. The Labute approximate surface area is 153 Å². The van der Waals surface area contributed by atoms with Crippen molar-refractivity contribution in [1.29, 1.82) is 0 Å². The number of aromatic nitrogens is 3. The van der Waals surface area contributed by atoms with Crippen LogP contribution in [0.5, 0.6) is 0 Å². The van der Waals surface area contributed by atoms with Crippen LogP contribution in [-0.2, 0) is 16.4 Å². The Morgan fingerprint density at radius 1 is 1.04 bits per heavy atom. The third-order valence-corrected chi connectivity index (χ3v) is 6.29. The molecular weight excluding hydrogens is 350 g/mol. The second-order valence-corrected chi connectivity index (χ2v) is 7.81. The molecule has 3 rings (SSSR count). The fourth-order valence-corrected chi connectivity index (χ4v) is 4.28. The molecule has 1 aromatic carbocycles. The Hall–Kier alpha value is -2.45. The van der Waals surface area contributed by atoms with E-state index in [-0.39, 0.29) is 4.90 Å². The first-order valence-corrected chi connectivity index (χ1v) is 10.1. The molecule has 138 valence electrons. The maximum Gasteiger partial charge on any atom is 0.244 e. The first-order valence-electron chi connectivity index (χ1n) is 8.69. The highest BCUT2D eigenvalue weighted by molar-refractivity contribution is 7.89. The molecule has 0 atom stereocenters. The number of fused-ring (bicyclic) bond motifs is 1. The molecule has 0 aliphatic heterocycles. The summed E-state index contributed by atoms with van der Waals surface area (Å²) in [5.41, 5.74) is 1.82. The number of pyridine rings is 1. The minimum atomic E-state index is -3.52. The van der Waals surface area contributed by atoms with Gasteiger partial charge in [-0.15, -0.1) is 10.2 Å². The van der Waals surface area contributed by atoms with Gasteiger partial charge in [-0.3, -0.25) is 4.40 Å². The minimum absolute atomic E-state index is 0.236. The Bertz CT molecular complexity index is 966. The van der Waals surface area contributed by atoms with E-state index in [0.717, 1.165) is 6.42 Å². The van der Waals surface area contributed by atoms with Crippen LogP contribution in [0, 0.1) is 0 Å². The normalized spacial score (nSPS) is 12.0. The molecule has 26 heavy (non-hydrogen) atoms. The van der Waals surface area contributed by atoms with Crippen molar-refractivity contribution >= 4 is 21.6 Å². The summed E-state index contributed by atoms with van der Waals surface area (Å²) in [4.78, 5) is 0.236. The van der Waals surface area contributed by atoms with E-state index in [1.54, 1.807) is 22.7 Å². The molecule has 0 bridgehead atoms. The zero-order valence-corrected chi connectivity index (χ0v) is 15.8. The maximum absolute atomic E-state index is 12.7. The summed E-state index contributed by atoms with van der Waals surface area (Å²) in [5.74, 6) is 0.535. The summed E-state index contributed by atoms with van der Waals surface area (Å²) < 4.78 is 28.6. The van der Waals surface area contributed by atoms with Gasteiger partial charge in [0.15, 0.2) is 5.65 Å². The van der Waals surface area contributed by atoms with Crippen molar-refractivity contribution in [1.82, 2.24) is 18.9 Å². The van der Waals surface area contributed by atoms with E-state index in [2.05, 4.69) is 27.6 Å². The number of sulfonamides is 1. The van der Waals surface area contributed by atoms with E-state index in [9.17, 15) is 8.42 Å². The van der Waals surface area contributed by atoms with Crippen molar-refractivity contribution in [2.24, 2.45) is 0 Å². The summed E-state index contributed by atoms with van der Waals surface area (Å²) in [6.07, 6.45) is 2.42. The van der Waals surface area contributed by atoms with Crippen LogP contribution in [-0.4, -0.2) is 47.0 Å². The molecule has 2 aromatic heterocycles. The van der Waals surface area contributed by atoms with Crippen LogP contribution in [0.4, 0.5) is 5.95 Å². The zero-order valence-electron chi connectivity index (χ0n) is 15.0. The van der Waals surface area contributed by atoms with Crippen molar-refractivity contribution < 1.29 is 8.42 Å². The lowest BCUT2D eigenvalue weighted by atomic mass is 10.1. The molecule has 0 amide bonds. The molecule has 0 aliphatic carbocycles. The van der Waals surface area contributed by atoms with Gasteiger partial charge in [0.05, 0.1) is 4.90 Å². The largest absolute Gasteiger partial charge is 0.354 e. The molecule has 0 radical (unpaired) electrons. The predicted molar refractivity (Wildman–Crippen MR) is 102 cm³/mol. The van der Waals surface area contributed by atoms with Gasteiger partial charge in [-0.1, -0.05) is 44.2 Å². The van der Waals surface area contributed by atoms with Crippen LogP contribution in [0.1, 0.15) is 19.4 Å². The molecule has 0 aliphatic rings. The topological polar surface area (TPSA) is 79.6 Å². The van der Waals surface area contributed by atoms with Gasteiger partial charge in [-0.2, -0.15) is 4.31 Å². The van der Waals surface area contributed by atoms with E-state index in [1.807, 2.05) is 32.0 Å². The third kappa shape index (κ3) is 3.71. The summed E-state index contributed by atoms with van der Waals surface area (Å²) >= 11 is 0. The molecule has 1 N–H and O–H groups in total. The Balaban J connectivity index is 1.82. The molecule has 0 saturated carbocycles. The lowest BCUT2D eigenvalue weighted by Gasteiger charge is -2.18. The SMILES string of the molecule is CCN(CC)S(=O)(=O)c1ccc2nnc(NCCc3ccccc3)n2c1. The van der Waals surface area contributed by atoms with Gasteiger partial charge < -0.3 is 5.32 Å². The van der Waals surface area contributed by atoms with Gasteiger partial charge in [0.25, 0.3) is 0 Å². The minimum Gasteiger partial charge on any atom is -0.354 e. The zero-order chi connectivity index (χ0) is 18.6. The number of rotatable bonds is 8. The van der Waals surface area contributed by atoms with Crippen LogP contribution in [0.15, 0.2) is 53.6 Å². The quantitative estimate of drug-likeness (QED) is 0.656. The van der Waals surface area contributed by atoms with Crippen LogP contribution in [0.25, 0.3) is 5.65 Å². The number of benzene rings is 1. The summed E-state index contributed by atoms with van der Waals surface area (Å²) in [6, 6.07) is 13.4. The van der Waals surface area contributed by atoms with E-state index in [4.69, 9.17) is 0 Å². The molecule has 0 fully saturated rings. The first-order chi connectivity index (χ1) is 12.6. The Morgan fingerprint density at radius 3 is 2.46 bits per heavy atom. The highest BCUT2D eigenvalue weighted by atomic mass is 32.2. The number of hydrogen-bond acceptors (Lipinski definition) is 5. The lowest BCUT2D eigenvalue weighted by molar-refractivity contribution is 0.445. The lowest BCUT2D eigenvalue weighted by Crippen LogP contribution is -2.30. The number of hydrogen-bond donors (Lipinski definition) is 1.